The maximum atomic E-state index is 10.8. The summed E-state index contributed by atoms with van der Waals surface area (Å²) in [5, 5.41) is 8.74. The Labute approximate surface area is 74.3 Å². The van der Waals surface area contributed by atoms with Crippen molar-refractivity contribution in [3.63, 3.8) is 0 Å². The van der Waals surface area contributed by atoms with Gasteiger partial charge in [0, 0.05) is 0 Å². The standard InChI is InChI=1S/C7H9NO5/c1-3-5(9)8(4-2)13-7(12)6(10)11/h3H,1,4H2,2H3,(H,10,11). The van der Waals surface area contributed by atoms with Crippen LogP contribution in [0.4, 0.5) is 0 Å². The first-order chi connectivity index (χ1) is 6.02. The molecule has 0 bridgehead atoms. The summed E-state index contributed by atoms with van der Waals surface area (Å²) in [7, 11) is 0. The van der Waals surface area contributed by atoms with Gasteiger partial charge in [0.05, 0.1) is 6.54 Å². The third-order valence-electron chi connectivity index (χ3n) is 1.08. The molecule has 0 rings (SSSR count). The molecule has 0 fully saturated rings. The molecule has 1 amide bonds. The van der Waals surface area contributed by atoms with Crippen LogP contribution in [-0.4, -0.2) is 34.6 Å². The van der Waals surface area contributed by atoms with Crippen LogP contribution in [0, 0.1) is 0 Å². The molecule has 0 atom stereocenters. The highest BCUT2D eigenvalue weighted by Crippen LogP contribution is 1.93. The highest BCUT2D eigenvalue weighted by atomic mass is 16.7. The average Bonchev–Trinajstić information content (AvgIpc) is 2.12. The fourth-order valence-corrected chi connectivity index (χ4v) is 0.506. The van der Waals surface area contributed by atoms with Gasteiger partial charge in [-0.1, -0.05) is 6.58 Å². The highest BCUT2D eigenvalue weighted by Gasteiger charge is 2.19. The lowest BCUT2D eigenvalue weighted by atomic mass is 10.5. The van der Waals surface area contributed by atoms with E-state index in [0.717, 1.165) is 6.08 Å². The molecule has 6 nitrogen and oxygen atoms in total. The number of amides is 1. The van der Waals surface area contributed by atoms with E-state index in [1.165, 1.54) is 6.92 Å². The van der Waals surface area contributed by atoms with Crippen molar-refractivity contribution in [1.29, 1.82) is 0 Å². The lowest BCUT2D eigenvalue weighted by Gasteiger charge is -2.15. The number of nitrogens with zero attached hydrogens (tertiary/aromatic N) is 1. The number of rotatable bonds is 2. The smallest absolute Gasteiger partial charge is 0.441 e. The van der Waals surface area contributed by atoms with Crippen LogP contribution in [0.1, 0.15) is 6.92 Å². The first-order valence-electron chi connectivity index (χ1n) is 3.42. The van der Waals surface area contributed by atoms with Gasteiger partial charge in [0.2, 0.25) is 0 Å². The Morgan fingerprint density at radius 1 is 1.54 bits per heavy atom. The number of carboxylic acids is 1. The highest BCUT2D eigenvalue weighted by molar-refractivity contribution is 6.28. The zero-order chi connectivity index (χ0) is 10.4. The number of carboxylic acid groups (broad SMARTS) is 1. The van der Waals surface area contributed by atoms with Crippen molar-refractivity contribution in [3.8, 4) is 0 Å². The van der Waals surface area contributed by atoms with Crippen molar-refractivity contribution in [1.82, 2.24) is 5.06 Å². The molecule has 0 aromatic heterocycles. The Kier molecular flexibility index (Phi) is 4.21. The van der Waals surface area contributed by atoms with Gasteiger partial charge in [-0.05, 0) is 13.0 Å². The van der Waals surface area contributed by atoms with Crippen molar-refractivity contribution in [2.75, 3.05) is 6.54 Å². The maximum Gasteiger partial charge on any atom is 0.441 e. The van der Waals surface area contributed by atoms with E-state index in [1.807, 2.05) is 0 Å². The second-order valence-electron chi connectivity index (χ2n) is 1.92. The summed E-state index contributed by atoms with van der Waals surface area (Å²) >= 11 is 0. The Morgan fingerprint density at radius 3 is 2.38 bits per heavy atom. The molecule has 13 heavy (non-hydrogen) atoms. The van der Waals surface area contributed by atoms with Crippen LogP contribution >= 0.6 is 0 Å². The summed E-state index contributed by atoms with van der Waals surface area (Å²) in [5.41, 5.74) is 0. The minimum Gasteiger partial charge on any atom is -0.473 e. The van der Waals surface area contributed by atoms with Gasteiger partial charge in [-0.2, -0.15) is 5.06 Å². The second-order valence-corrected chi connectivity index (χ2v) is 1.92. The summed E-state index contributed by atoms with van der Waals surface area (Å²) in [6.45, 7) is 4.74. The third kappa shape index (κ3) is 3.37. The number of hydroxylamine groups is 2. The van der Waals surface area contributed by atoms with Gasteiger partial charge in [0.25, 0.3) is 5.91 Å². The van der Waals surface area contributed by atoms with Gasteiger partial charge >= 0.3 is 11.9 Å². The van der Waals surface area contributed by atoms with Crippen LogP contribution in [0.5, 0.6) is 0 Å². The topological polar surface area (TPSA) is 83.9 Å². The predicted octanol–water partition coefficient (Wildman–Crippen LogP) is -0.436. The zero-order valence-corrected chi connectivity index (χ0v) is 7.02. The number of likely N-dealkylation sites (N-methyl/N-ethyl adjacent to an activating group) is 1. The normalized spacial score (nSPS) is 8.69. The summed E-state index contributed by atoms with van der Waals surface area (Å²) in [4.78, 5) is 35.5. The molecule has 0 aliphatic rings. The van der Waals surface area contributed by atoms with Gasteiger partial charge in [-0.15, -0.1) is 0 Å². The van der Waals surface area contributed by atoms with E-state index in [0.29, 0.717) is 5.06 Å². The van der Waals surface area contributed by atoms with Crippen LogP contribution in [0.15, 0.2) is 12.7 Å². The zero-order valence-electron chi connectivity index (χ0n) is 7.02. The van der Waals surface area contributed by atoms with Gasteiger partial charge in [0.1, 0.15) is 0 Å². The maximum absolute atomic E-state index is 10.8. The Balaban J connectivity index is 4.29. The van der Waals surface area contributed by atoms with E-state index in [1.54, 1.807) is 0 Å². The molecule has 0 saturated heterocycles. The quantitative estimate of drug-likeness (QED) is 0.360. The molecule has 0 spiro atoms. The fourth-order valence-electron chi connectivity index (χ4n) is 0.506. The summed E-state index contributed by atoms with van der Waals surface area (Å²) < 4.78 is 0. The average molecular weight is 187 g/mol. The first-order valence-corrected chi connectivity index (χ1v) is 3.42. The van der Waals surface area contributed by atoms with Crippen LogP contribution in [-0.2, 0) is 19.2 Å². The summed E-state index contributed by atoms with van der Waals surface area (Å²) in [6.07, 6.45) is 0.915. The van der Waals surface area contributed by atoms with Crippen molar-refractivity contribution < 1.29 is 24.3 Å². The molecule has 6 heteroatoms. The molecule has 0 unspecified atom stereocenters. The number of carbonyl (C=O) groups is 3. The largest absolute Gasteiger partial charge is 0.473 e. The lowest BCUT2D eigenvalue weighted by molar-refractivity contribution is -0.199. The van der Waals surface area contributed by atoms with Crippen molar-refractivity contribution >= 4 is 17.8 Å². The van der Waals surface area contributed by atoms with Crippen LogP contribution in [0.3, 0.4) is 0 Å². The molecule has 0 aromatic carbocycles. The Bertz CT molecular complexity index is 247. The molecular weight excluding hydrogens is 178 g/mol. The number of hydrogen-bond acceptors (Lipinski definition) is 4. The predicted molar refractivity (Wildman–Crippen MR) is 41.3 cm³/mol. The molecule has 0 aliphatic carbocycles. The minimum absolute atomic E-state index is 0.0594. The van der Waals surface area contributed by atoms with E-state index in [-0.39, 0.29) is 6.54 Å². The molecular formula is C7H9NO5. The molecule has 72 valence electrons. The Morgan fingerprint density at radius 2 is 2.08 bits per heavy atom. The lowest BCUT2D eigenvalue weighted by Crippen LogP contribution is -2.34. The van der Waals surface area contributed by atoms with E-state index < -0.39 is 17.8 Å². The van der Waals surface area contributed by atoms with E-state index >= 15 is 0 Å². The van der Waals surface area contributed by atoms with E-state index in [9.17, 15) is 14.4 Å². The number of aliphatic carboxylic acids is 1. The van der Waals surface area contributed by atoms with Crippen LogP contribution in [0.25, 0.3) is 0 Å². The van der Waals surface area contributed by atoms with Crippen molar-refractivity contribution in [3.05, 3.63) is 12.7 Å². The van der Waals surface area contributed by atoms with Gasteiger partial charge in [-0.3, -0.25) is 4.79 Å². The van der Waals surface area contributed by atoms with E-state index in [2.05, 4.69) is 11.4 Å². The van der Waals surface area contributed by atoms with E-state index in [4.69, 9.17) is 5.11 Å². The molecule has 0 heterocycles. The molecule has 0 aromatic rings. The fraction of sp³-hybridized carbons (Fsp3) is 0.286. The molecule has 0 radical (unpaired) electrons. The van der Waals surface area contributed by atoms with Crippen LogP contribution < -0.4 is 0 Å². The number of hydrogen-bond donors (Lipinski definition) is 1. The van der Waals surface area contributed by atoms with Gasteiger partial charge in [-0.25, -0.2) is 9.59 Å². The Hall–Kier alpha value is -1.85. The third-order valence-corrected chi connectivity index (χ3v) is 1.08. The van der Waals surface area contributed by atoms with Gasteiger partial charge in [0.15, 0.2) is 0 Å². The molecule has 0 saturated carbocycles. The summed E-state index contributed by atoms with van der Waals surface area (Å²) in [5.74, 6) is -3.93. The SMILES string of the molecule is C=CC(=O)N(CC)OC(=O)C(=O)O. The first kappa shape index (κ1) is 11.2. The number of carbonyl (C=O) groups excluding carboxylic acids is 2. The van der Waals surface area contributed by atoms with Crippen molar-refractivity contribution in [2.24, 2.45) is 0 Å². The minimum atomic E-state index is -1.75. The van der Waals surface area contributed by atoms with Crippen molar-refractivity contribution in [2.45, 2.75) is 6.92 Å². The monoisotopic (exact) mass is 187 g/mol. The molecule has 1 N–H and O–H groups in total. The second kappa shape index (κ2) is 4.91. The van der Waals surface area contributed by atoms with Gasteiger partial charge < -0.3 is 9.94 Å². The molecule has 0 aliphatic heterocycles. The van der Waals surface area contributed by atoms with Crippen LogP contribution in [0.2, 0.25) is 0 Å². The summed E-state index contributed by atoms with van der Waals surface area (Å²) in [6, 6.07) is 0.